The molecule has 3 N–H and O–H groups in total. The minimum atomic E-state index is -0.329. The van der Waals surface area contributed by atoms with Gasteiger partial charge in [-0.2, -0.15) is 5.10 Å². The molecule has 0 atom stereocenters. The van der Waals surface area contributed by atoms with E-state index in [1.807, 2.05) is 32.0 Å². The number of rotatable bonds is 4. The smallest absolute Gasteiger partial charge is 0.257 e. The van der Waals surface area contributed by atoms with Gasteiger partial charge in [0.25, 0.3) is 11.8 Å². The highest BCUT2D eigenvalue weighted by molar-refractivity contribution is 6.16. The molecular weight excluding hydrogens is 366 g/mol. The number of fused-ring (bicyclic) bond motifs is 1. The van der Waals surface area contributed by atoms with Gasteiger partial charge in [-0.15, -0.1) is 0 Å². The van der Waals surface area contributed by atoms with E-state index in [1.165, 1.54) is 0 Å². The Morgan fingerprint density at radius 2 is 1.55 bits per heavy atom. The third-order valence-electron chi connectivity index (χ3n) is 4.54. The van der Waals surface area contributed by atoms with Crippen LogP contribution in [-0.2, 0) is 0 Å². The van der Waals surface area contributed by atoms with Gasteiger partial charge in [0.1, 0.15) is 0 Å². The number of H-pyrrole nitrogens is 1. The number of carbonyl (C=O) groups excluding carboxylic acids is 2. The Kier molecular flexibility index (Phi) is 4.78. The number of nitrogens with one attached hydrogen (secondary N) is 3. The Bertz CT molecular complexity index is 1210. The van der Waals surface area contributed by atoms with E-state index < -0.39 is 0 Å². The minimum Gasteiger partial charge on any atom is -0.322 e. The number of aromatic amines is 1. The zero-order valence-corrected chi connectivity index (χ0v) is 16.0. The number of benzene rings is 2. The topological polar surface area (TPSA) is 99.8 Å². The lowest BCUT2D eigenvalue weighted by molar-refractivity contribution is 0.102. The Labute approximate surface area is 167 Å². The number of aromatic nitrogens is 3. The van der Waals surface area contributed by atoms with Crippen LogP contribution in [0.3, 0.4) is 0 Å². The van der Waals surface area contributed by atoms with E-state index in [0.717, 1.165) is 0 Å². The molecule has 2 amide bonds. The van der Waals surface area contributed by atoms with Crippen LogP contribution < -0.4 is 10.6 Å². The van der Waals surface area contributed by atoms with Gasteiger partial charge in [-0.05, 0) is 44.2 Å². The molecule has 0 bridgehead atoms. The highest BCUT2D eigenvalue weighted by Crippen LogP contribution is 2.23. The minimum absolute atomic E-state index is 0.303. The van der Waals surface area contributed by atoms with Crippen molar-refractivity contribution < 1.29 is 9.59 Å². The standard InChI is InChI=1S/C22H19N5O2/c1-13-12-17(19-14(2)26-27-20(19)23-13)22(29)25-18-11-7-6-10-16(18)21(28)24-15-8-4-3-5-9-15/h3-12H,1-2H3,(H,24,28)(H,25,29)(H,23,26,27). The number of pyridine rings is 1. The van der Waals surface area contributed by atoms with Crippen LogP contribution in [0.5, 0.6) is 0 Å². The fraction of sp³-hybridized carbons (Fsp3) is 0.0909. The molecule has 0 radical (unpaired) electrons. The summed E-state index contributed by atoms with van der Waals surface area (Å²) >= 11 is 0. The normalized spacial score (nSPS) is 10.7. The van der Waals surface area contributed by atoms with Gasteiger partial charge in [-0.3, -0.25) is 14.7 Å². The third kappa shape index (κ3) is 3.70. The number of aryl methyl sites for hydroxylation is 2. The van der Waals surface area contributed by atoms with Crippen LogP contribution in [0.15, 0.2) is 60.7 Å². The first-order valence-corrected chi connectivity index (χ1v) is 9.12. The molecule has 29 heavy (non-hydrogen) atoms. The van der Waals surface area contributed by atoms with Crippen LogP contribution in [0, 0.1) is 13.8 Å². The zero-order valence-electron chi connectivity index (χ0n) is 16.0. The molecule has 0 unspecified atom stereocenters. The second-order valence-electron chi connectivity index (χ2n) is 6.66. The molecule has 7 nitrogen and oxygen atoms in total. The number of para-hydroxylation sites is 2. The van der Waals surface area contributed by atoms with E-state index in [1.54, 1.807) is 42.5 Å². The van der Waals surface area contributed by atoms with Gasteiger partial charge in [-0.25, -0.2) is 4.98 Å². The van der Waals surface area contributed by atoms with Crippen molar-refractivity contribution in [2.75, 3.05) is 10.6 Å². The predicted molar refractivity (Wildman–Crippen MR) is 112 cm³/mol. The zero-order chi connectivity index (χ0) is 20.4. The molecule has 0 fully saturated rings. The molecule has 0 aliphatic carbocycles. The van der Waals surface area contributed by atoms with Crippen LogP contribution >= 0.6 is 0 Å². The van der Waals surface area contributed by atoms with Crippen LogP contribution in [0.1, 0.15) is 32.1 Å². The SMILES string of the molecule is Cc1cc(C(=O)Nc2ccccc2C(=O)Nc2ccccc2)c2c(C)n[nH]c2n1. The number of nitrogens with zero attached hydrogens (tertiary/aromatic N) is 2. The maximum Gasteiger partial charge on any atom is 0.257 e. The molecule has 0 aliphatic rings. The Morgan fingerprint density at radius 3 is 2.34 bits per heavy atom. The molecule has 2 heterocycles. The quantitative estimate of drug-likeness (QED) is 0.493. The Morgan fingerprint density at radius 1 is 0.862 bits per heavy atom. The molecule has 4 rings (SSSR count). The predicted octanol–water partition coefficient (Wildman–Crippen LogP) is 4.08. The van der Waals surface area contributed by atoms with E-state index in [9.17, 15) is 9.59 Å². The molecular formula is C22H19N5O2. The van der Waals surface area contributed by atoms with Crippen LogP contribution in [0.2, 0.25) is 0 Å². The van der Waals surface area contributed by atoms with Gasteiger partial charge in [0.05, 0.1) is 27.9 Å². The summed E-state index contributed by atoms with van der Waals surface area (Å²) in [6, 6.07) is 17.8. The number of amides is 2. The molecule has 7 heteroatoms. The van der Waals surface area contributed by atoms with Gasteiger partial charge < -0.3 is 10.6 Å². The average Bonchev–Trinajstić information content (AvgIpc) is 3.09. The van der Waals surface area contributed by atoms with Crippen molar-refractivity contribution in [2.45, 2.75) is 13.8 Å². The lowest BCUT2D eigenvalue weighted by Crippen LogP contribution is -2.18. The molecule has 0 spiro atoms. The molecule has 0 saturated carbocycles. The first kappa shape index (κ1) is 18.4. The van der Waals surface area contributed by atoms with E-state index in [4.69, 9.17) is 0 Å². The average molecular weight is 385 g/mol. The van der Waals surface area contributed by atoms with Crippen LogP contribution in [-0.4, -0.2) is 27.0 Å². The molecule has 0 saturated heterocycles. The number of anilines is 2. The molecule has 2 aromatic heterocycles. The van der Waals surface area contributed by atoms with Crippen LogP contribution in [0.4, 0.5) is 11.4 Å². The molecule has 2 aromatic carbocycles. The van der Waals surface area contributed by atoms with Crippen molar-refractivity contribution in [3.63, 3.8) is 0 Å². The summed E-state index contributed by atoms with van der Waals surface area (Å²) in [5, 5.41) is 13.4. The molecule has 144 valence electrons. The number of carbonyl (C=O) groups is 2. The second-order valence-corrected chi connectivity index (χ2v) is 6.66. The summed E-state index contributed by atoms with van der Waals surface area (Å²) in [5.41, 5.74) is 3.87. The van der Waals surface area contributed by atoms with Crippen molar-refractivity contribution in [1.29, 1.82) is 0 Å². The third-order valence-corrected chi connectivity index (χ3v) is 4.54. The second kappa shape index (κ2) is 7.55. The highest BCUT2D eigenvalue weighted by Gasteiger charge is 2.19. The lowest BCUT2D eigenvalue weighted by atomic mass is 10.1. The fourth-order valence-electron chi connectivity index (χ4n) is 3.19. The molecule has 0 aliphatic heterocycles. The summed E-state index contributed by atoms with van der Waals surface area (Å²) in [6.45, 7) is 3.63. The van der Waals surface area contributed by atoms with Crippen molar-refractivity contribution in [2.24, 2.45) is 0 Å². The van der Waals surface area contributed by atoms with E-state index in [0.29, 0.717) is 44.9 Å². The van der Waals surface area contributed by atoms with Gasteiger partial charge in [0, 0.05) is 11.4 Å². The van der Waals surface area contributed by atoms with Crippen molar-refractivity contribution in [3.8, 4) is 0 Å². The van der Waals surface area contributed by atoms with Gasteiger partial charge >= 0.3 is 0 Å². The Hall–Kier alpha value is -4.00. The van der Waals surface area contributed by atoms with Crippen LogP contribution in [0.25, 0.3) is 11.0 Å². The largest absolute Gasteiger partial charge is 0.322 e. The van der Waals surface area contributed by atoms with Crippen molar-refractivity contribution in [3.05, 3.63) is 83.2 Å². The van der Waals surface area contributed by atoms with Crippen molar-refractivity contribution >= 4 is 34.2 Å². The maximum absolute atomic E-state index is 13.1. The first-order chi connectivity index (χ1) is 14.0. The fourth-order valence-corrected chi connectivity index (χ4v) is 3.19. The number of hydrogen-bond donors (Lipinski definition) is 3. The summed E-state index contributed by atoms with van der Waals surface area (Å²) < 4.78 is 0. The summed E-state index contributed by atoms with van der Waals surface area (Å²) in [4.78, 5) is 30.2. The highest BCUT2D eigenvalue weighted by atomic mass is 16.2. The summed E-state index contributed by atoms with van der Waals surface area (Å²) in [7, 11) is 0. The first-order valence-electron chi connectivity index (χ1n) is 9.12. The van der Waals surface area contributed by atoms with Crippen molar-refractivity contribution in [1.82, 2.24) is 15.2 Å². The summed E-state index contributed by atoms with van der Waals surface area (Å²) in [5.74, 6) is -0.632. The van der Waals surface area contributed by atoms with E-state index in [-0.39, 0.29) is 11.8 Å². The van der Waals surface area contributed by atoms with E-state index >= 15 is 0 Å². The van der Waals surface area contributed by atoms with Gasteiger partial charge in [-0.1, -0.05) is 30.3 Å². The van der Waals surface area contributed by atoms with E-state index in [2.05, 4.69) is 25.8 Å². The Balaban J connectivity index is 1.65. The van der Waals surface area contributed by atoms with Gasteiger partial charge in [0.15, 0.2) is 5.65 Å². The monoisotopic (exact) mass is 385 g/mol. The summed E-state index contributed by atoms with van der Waals surface area (Å²) in [6.07, 6.45) is 0. The number of hydrogen-bond acceptors (Lipinski definition) is 4. The molecule has 4 aromatic rings. The lowest BCUT2D eigenvalue weighted by Gasteiger charge is -2.12. The maximum atomic E-state index is 13.1. The van der Waals surface area contributed by atoms with Gasteiger partial charge in [0.2, 0.25) is 0 Å².